The van der Waals surface area contributed by atoms with E-state index in [0.717, 1.165) is 22.6 Å². The maximum absolute atomic E-state index is 6.11. The van der Waals surface area contributed by atoms with Crippen LogP contribution in [-0.2, 0) is 12.8 Å². The highest BCUT2D eigenvalue weighted by molar-refractivity contribution is 6.34. The molecule has 2 aromatic rings. The quantitative estimate of drug-likeness (QED) is 0.811. The Labute approximate surface area is 126 Å². The van der Waals surface area contributed by atoms with Gasteiger partial charge in [0.2, 0.25) is 6.79 Å². The van der Waals surface area contributed by atoms with E-state index in [0.29, 0.717) is 29.0 Å². The molecule has 2 heterocycles. The van der Waals surface area contributed by atoms with Crippen LogP contribution in [-0.4, -0.2) is 16.8 Å². The SMILES string of the molecule is CCc1c(Cl)nc(Cc2ccc3c(c2)OCO3)nc1Cl. The number of aromatic nitrogens is 2. The summed E-state index contributed by atoms with van der Waals surface area (Å²) in [5, 5.41) is 0.839. The smallest absolute Gasteiger partial charge is 0.231 e. The van der Waals surface area contributed by atoms with Crippen molar-refractivity contribution in [1.29, 1.82) is 0 Å². The van der Waals surface area contributed by atoms with Crippen LogP contribution in [0.2, 0.25) is 10.3 Å². The summed E-state index contributed by atoms with van der Waals surface area (Å²) in [6.45, 7) is 2.23. The number of hydrogen-bond acceptors (Lipinski definition) is 4. The van der Waals surface area contributed by atoms with Crippen molar-refractivity contribution in [2.45, 2.75) is 19.8 Å². The highest BCUT2D eigenvalue weighted by Crippen LogP contribution is 2.33. The third-order valence-corrected chi connectivity index (χ3v) is 3.73. The van der Waals surface area contributed by atoms with Gasteiger partial charge in [-0.2, -0.15) is 0 Å². The standard InChI is InChI=1S/C14H12Cl2N2O2/c1-2-9-13(15)17-12(18-14(9)16)6-8-3-4-10-11(5-8)20-7-19-10/h3-5H,2,6-7H2,1H3. The third kappa shape index (κ3) is 2.53. The zero-order chi connectivity index (χ0) is 14.1. The first-order valence-electron chi connectivity index (χ1n) is 6.26. The van der Waals surface area contributed by atoms with Crippen molar-refractivity contribution in [3.05, 3.63) is 45.5 Å². The molecular formula is C14H12Cl2N2O2. The molecule has 1 aromatic carbocycles. The van der Waals surface area contributed by atoms with Crippen LogP contribution in [0, 0.1) is 0 Å². The maximum atomic E-state index is 6.11. The van der Waals surface area contributed by atoms with Gasteiger partial charge in [-0.25, -0.2) is 9.97 Å². The Balaban J connectivity index is 1.88. The lowest BCUT2D eigenvalue weighted by Gasteiger charge is -2.07. The van der Waals surface area contributed by atoms with Crippen molar-refractivity contribution in [2.24, 2.45) is 0 Å². The van der Waals surface area contributed by atoms with Crippen LogP contribution in [0.25, 0.3) is 0 Å². The normalized spacial score (nSPS) is 12.8. The lowest BCUT2D eigenvalue weighted by molar-refractivity contribution is 0.174. The minimum absolute atomic E-state index is 0.262. The van der Waals surface area contributed by atoms with Crippen LogP contribution < -0.4 is 9.47 Å². The molecule has 1 aliphatic rings. The molecule has 1 aromatic heterocycles. The number of halogens is 2. The number of hydrogen-bond donors (Lipinski definition) is 0. The molecule has 6 heteroatoms. The van der Waals surface area contributed by atoms with Crippen LogP contribution in [0.1, 0.15) is 23.9 Å². The van der Waals surface area contributed by atoms with E-state index in [2.05, 4.69) is 9.97 Å². The molecule has 0 atom stereocenters. The Morgan fingerprint density at radius 2 is 1.80 bits per heavy atom. The Hall–Kier alpha value is -1.52. The molecule has 0 amide bonds. The maximum Gasteiger partial charge on any atom is 0.231 e. The third-order valence-electron chi connectivity index (χ3n) is 3.11. The zero-order valence-corrected chi connectivity index (χ0v) is 12.3. The van der Waals surface area contributed by atoms with E-state index in [1.165, 1.54) is 0 Å². The van der Waals surface area contributed by atoms with Crippen LogP contribution >= 0.6 is 23.2 Å². The average Bonchev–Trinajstić information content (AvgIpc) is 2.85. The van der Waals surface area contributed by atoms with E-state index >= 15 is 0 Å². The second-order valence-corrected chi connectivity index (χ2v) is 5.13. The lowest BCUT2D eigenvalue weighted by Crippen LogP contribution is -2.01. The van der Waals surface area contributed by atoms with E-state index in [1.54, 1.807) is 0 Å². The molecular weight excluding hydrogens is 299 g/mol. The predicted octanol–water partition coefficient (Wildman–Crippen LogP) is 3.67. The molecule has 0 radical (unpaired) electrons. The monoisotopic (exact) mass is 310 g/mol. The van der Waals surface area contributed by atoms with Gasteiger partial charge in [-0.1, -0.05) is 36.2 Å². The van der Waals surface area contributed by atoms with Crippen molar-refractivity contribution in [3.8, 4) is 11.5 Å². The van der Waals surface area contributed by atoms with E-state index < -0.39 is 0 Å². The molecule has 20 heavy (non-hydrogen) atoms. The van der Waals surface area contributed by atoms with Crippen molar-refractivity contribution in [1.82, 2.24) is 9.97 Å². The van der Waals surface area contributed by atoms with E-state index in [9.17, 15) is 0 Å². The summed E-state index contributed by atoms with van der Waals surface area (Å²) in [5.74, 6) is 2.09. The first-order chi connectivity index (χ1) is 9.67. The number of ether oxygens (including phenoxy) is 2. The fraction of sp³-hybridized carbons (Fsp3) is 0.286. The van der Waals surface area contributed by atoms with Gasteiger partial charge in [-0.15, -0.1) is 0 Å². The first-order valence-corrected chi connectivity index (χ1v) is 7.02. The molecule has 0 aliphatic carbocycles. The topological polar surface area (TPSA) is 44.2 Å². The summed E-state index contributed by atoms with van der Waals surface area (Å²) in [6.07, 6.45) is 1.25. The largest absolute Gasteiger partial charge is 0.454 e. The molecule has 0 spiro atoms. The molecule has 0 saturated carbocycles. The summed E-state index contributed by atoms with van der Waals surface area (Å²) in [7, 11) is 0. The molecule has 104 valence electrons. The molecule has 1 aliphatic heterocycles. The highest BCUT2D eigenvalue weighted by Gasteiger charge is 2.15. The van der Waals surface area contributed by atoms with Crippen LogP contribution in [0.5, 0.6) is 11.5 Å². The average molecular weight is 311 g/mol. The number of fused-ring (bicyclic) bond motifs is 1. The Kier molecular flexibility index (Phi) is 3.68. The van der Waals surface area contributed by atoms with Gasteiger partial charge in [-0.3, -0.25) is 0 Å². The van der Waals surface area contributed by atoms with Gasteiger partial charge in [0.05, 0.1) is 0 Å². The minimum atomic E-state index is 0.262. The van der Waals surface area contributed by atoms with Gasteiger partial charge in [0.25, 0.3) is 0 Å². The van der Waals surface area contributed by atoms with Crippen molar-refractivity contribution in [2.75, 3.05) is 6.79 Å². The number of rotatable bonds is 3. The number of benzene rings is 1. The van der Waals surface area contributed by atoms with Crippen molar-refractivity contribution >= 4 is 23.2 Å². The van der Waals surface area contributed by atoms with Crippen molar-refractivity contribution < 1.29 is 9.47 Å². The highest BCUT2D eigenvalue weighted by atomic mass is 35.5. The molecule has 4 nitrogen and oxygen atoms in total. The summed E-state index contributed by atoms with van der Waals surface area (Å²) in [4.78, 5) is 8.58. The van der Waals surface area contributed by atoms with Crippen LogP contribution in [0.15, 0.2) is 18.2 Å². The molecule has 3 rings (SSSR count). The summed E-state index contributed by atoms with van der Waals surface area (Å²) < 4.78 is 10.6. The van der Waals surface area contributed by atoms with Gasteiger partial charge in [0, 0.05) is 12.0 Å². The van der Waals surface area contributed by atoms with Crippen molar-refractivity contribution in [3.63, 3.8) is 0 Å². The van der Waals surface area contributed by atoms with E-state index in [4.69, 9.17) is 32.7 Å². The van der Waals surface area contributed by atoms with E-state index in [-0.39, 0.29) is 6.79 Å². The molecule has 0 N–H and O–H groups in total. The Morgan fingerprint density at radius 1 is 1.10 bits per heavy atom. The second kappa shape index (κ2) is 5.46. The molecule has 0 bridgehead atoms. The first kappa shape index (κ1) is 13.5. The Morgan fingerprint density at radius 3 is 2.50 bits per heavy atom. The second-order valence-electron chi connectivity index (χ2n) is 4.42. The lowest BCUT2D eigenvalue weighted by atomic mass is 10.1. The summed E-state index contributed by atoms with van der Waals surface area (Å²) in [6, 6.07) is 5.74. The molecule has 0 fully saturated rings. The van der Waals surface area contributed by atoms with Gasteiger partial charge < -0.3 is 9.47 Å². The fourth-order valence-corrected chi connectivity index (χ4v) is 2.77. The predicted molar refractivity (Wildman–Crippen MR) is 76.8 cm³/mol. The summed E-state index contributed by atoms with van der Waals surface area (Å²) in [5.41, 5.74) is 1.80. The molecule has 0 unspecified atom stereocenters. The minimum Gasteiger partial charge on any atom is -0.454 e. The molecule has 0 saturated heterocycles. The van der Waals surface area contributed by atoms with Gasteiger partial charge in [0.15, 0.2) is 11.5 Å². The van der Waals surface area contributed by atoms with Crippen LogP contribution in [0.4, 0.5) is 0 Å². The van der Waals surface area contributed by atoms with Gasteiger partial charge >= 0.3 is 0 Å². The Bertz CT molecular complexity index is 639. The number of nitrogens with zero attached hydrogens (tertiary/aromatic N) is 2. The fourth-order valence-electron chi connectivity index (χ4n) is 2.08. The van der Waals surface area contributed by atoms with Gasteiger partial charge in [-0.05, 0) is 24.1 Å². The zero-order valence-electron chi connectivity index (χ0n) is 10.8. The van der Waals surface area contributed by atoms with Gasteiger partial charge in [0.1, 0.15) is 16.1 Å². The summed E-state index contributed by atoms with van der Waals surface area (Å²) >= 11 is 12.2. The van der Waals surface area contributed by atoms with Crippen LogP contribution in [0.3, 0.4) is 0 Å². The van der Waals surface area contributed by atoms with E-state index in [1.807, 2.05) is 25.1 Å².